The van der Waals surface area contributed by atoms with Crippen molar-refractivity contribution in [1.82, 2.24) is 35.8 Å². The Labute approximate surface area is 301 Å². The summed E-state index contributed by atoms with van der Waals surface area (Å²) in [5.74, 6) is -3.96. The first-order chi connectivity index (χ1) is 24.7. The molecule has 52 heavy (non-hydrogen) atoms. The molecule has 1 aromatic heterocycles. The molecule has 1 saturated heterocycles. The number of Topliss-reactive ketones (excluding diaryl/α,β-unsaturated/α-hetero) is 1. The molecule has 4 rings (SSSR count). The fraction of sp³-hybridized carbons (Fsp3) is 0.571. The van der Waals surface area contributed by atoms with Gasteiger partial charge in [-0.25, -0.2) is 9.48 Å². The van der Waals surface area contributed by atoms with Crippen molar-refractivity contribution >= 4 is 35.5 Å². The number of ketones is 1. The van der Waals surface area contributed by atoms with Crippen LogP contribution >= 0.6 is 0 Å². The minimum absolute atomic E-state index is 0.00371. The first kappa shape index (κ1) is 39.4. The average Bonchev–Trinajstić information content (AvgIpc) is 3.79. The third-order valence-electron chi connectivity index (χ3n) is 9.66. The van der Waals surface area contributed by atoms with E-state index in [4.69, 9.17) is 10.8 Å². The summed E-state index contributed by atoms with van der Waals surface area (Å²) in [5.41, 5.74) is 4.89. The highest BCUT2D eigenvalue weighted by atomic mass is 16.4. The van der Waals surface area contributed by atoms with Crippen LogP contribution in [0.1, 0.15) is 106 Å². The zero-order chi connectivity index (χ0) is 38.0. The summed E-state index contributed by atoms with van der Waals surface area (Å²) in [6, 6.07) is 3.81. The molecule has 2 heterocycles. The molecule has 0 bridgehead atoms. The number of nitrogens with one attached hydrogen (secondary N) is 3. The van der Waals surface area contributed by atoms with Crippen LogP contribution in [0.15, 0.2) is 30.5 Å². The van der Waals surface area contributed by atoms with Crippen LogP contribution in [0.2, 0.25) is 0 Å². The minimum atomic E-state index is -1.37. The van der Waals surface area contributed by atoms with Gasteiger partial charge in [0.25, 0.3) is 11.8 Å². The summed E-state index contributed by atoms with van der Waals surface area (Å²) in [7, 11) is 0. The van der Waals surface area contributed by atoms with E-state index in [0.717, 1.165) is 32.1 Å². The van der Waals surface area contributed by atoms with E-state index < -0.39 is 65.3 Å². The third kappa shape index (κ3) is 10.3. The van der Waals surface area contributed by atoms with Gasteiger partial charge >= 0.3 is 6.09 Å². The van der Waals surface area contributed by atoms with Gasteiger partial charge in [0.05, 0.1) is 35.6 Å². The molecular weight excluding hydrogens is 674 g/mol. The van der Waals surface area contributed by atoms with Crippen LogP contribution in [0.5, 0.6) is 0 Å². The van der Waals surface area contributed by atoms with Gasteiger partial charge in [0.15, 0.2) is 0 Å². The van der Waals surface area contributed by atoms with Crippen LogP contribution in [-0.2, 0) is 24.8 Å². The molecule has 1 unspecified atom stereocenters. The van der Waals surface area contributed by atoms with Crippen molar-refractivity contribution in [2.45, 2.75) is 108 Å². The number of unbranched alkanes of at least 4 members (excludes halogenated alkanes) is 1. The zero-order valence-corrected chi connectivity index (χ0v) is 29.4. The molecule has 0 radical (unpaired) electrons. The van der Waals surface area contributed by atoms with E-state index in [1.54, 1.807) is 13.8 Å². The van der Waals surface area contributed by atoms with E-state index >= 15 is 0 Å². The maximum Gasteiger partial charge on any atom is 0.404 e. The van der Waals surface area contributed by atoms with Crippen molar-refractivity contribution in [2.24, 2.45) is 11.7 Å². The van der Waals surface area contributed by atoms with Crippen LogP contribution in [0.25, 0.3) is 0 Å². The fourth-order valence-electron chi connectivity index (χ4n) is 6.93. The van der Waals surface area contributed by atoms with Gasteiger partial charge in [0.2, 0.25) is 17.6 Å². The number of nitrogens with zero attached hydrogens (tertiary/aromatic N) is 5. The standard InChI is InChI=1S/C35H47N9O8/c1-35(2,52)28-19-39-42-44(28)24-17-27(32(48)40-25(29(45)30(37)46)10-6-7-15-38-34(50)51)43(20-24)33(49)26(16-21-8-4-3-5-9-21)41-31(47)23-13-11-22(18-36)12-14-23/h11-14,19,21,24-27,38,52H,3-10,15-17,20H2,1-2H3,(H2,37,46)(H,40,48)(H,41,47)(H,50,51)/t24-,25?,26+,27-/m0/s1. The Bertz CT molecular complexity index is 1660. The predicted octanol–water partition coefficient (Wildman–Crippen LogP) is 1.27. The lowest BCUT2D eigenvalue weighted by atomic mass is 9.84. The highest BCUT2D eigenvalue weighted by Crippen LogP contribution is 2.33. The molecule has 17 heteroatoms. The highest BCUT2D eigenvalue weighted by Gasteiger charge is 2.45. The second-order valence-electron chi connectivity index (χ2n) is 14.0. The Hall–Kier alpha value is -5.37. The van der Waals surface area contributed by atoms with Crippen molar-refractivity contribution in [3.05, 3.63) is 47.3 Å². The average molecular weight is 722 g/mol. The smallest absolute Gasteiger partial charge is 0.404 e. The summed E-state index contributed by atoms with van der Waals surface area (Å²) >= 11 is 0. The Kier molecular flexibility index (Phi) is 13.4. The quantitative estimate of drug-likeness (QED) is 0.106. The van der Waals surface area contributed by atoms with Crippen molar-refractivity contribution in [3.63, 3.8) is 0 Å². The molecule has 4 atom stereocenters. The number of nitrogens with two attached hydrogens (primary N) is 1. The van der Waals surface area contributed by atoms with E-state index in [0.29, 0.717) is 24.1 Å². The molecular formula is C35H47N9O8. The van der Waals surface area contributed by atoms with Crippen molar-refractivity contribution in [1.29, 1.82) is 5.26 Å². The lowest BCUT2D eigenvalue weighted by Crippen LogP contribution is -2.56. The molecule has 2 aliphatic rings. The van der Waals surface area contributed by atoms with E-state index in [9.17, 15) is 39.1 Å². The Morgan fingerprint density at radius 2 is 1.73 bits per heavy atom. The second-order valence-corrected chi connectivity index (χ2v) is 14.0. The molecule has 1 aromatic carbocycles. The van der Waals surface area contributed by atoms with E-state index in [1.807, 2.05) is 6.07 Å². The number of aromatic nitrogens is 3. The normalized spacial score (nSPS) is 18.8. The van der Waals surface area contributed by atoms with Gasteiger partial charge in [-0.2, -0.15) is 5.26 Å². The number of carboxylic acid groups (broad SMARTS) is 1. The minimum Gasteiger partial charge on any atom is -0.465 e. The molecule has 0 spiro atoms. The van der Waals surface area contributed by atoms with Crippen LogP contribution < -0.4 is 21.7 Å². The number of primary amides is 1. The largest absolute Gasteiger partial charge is 0.465 e. The van der Waals surface area contributed by atoms with E-state index in [1.165, 1.54) is 40.0 Å². The van der Waals surface area contributed by atoms with Crippen LogP contribution in [0.3, 0.4) is 0 Å². The molecule has 7 N–H and O–H groups in total. The third-order valence-corrected chi connectivity index (χ3v) is 9.66. The van der Waals surface area contributed by atoms with Crippen molar-refractivity contribution < 1.29 is 39.0 Å². The van der Waals surface area contributed by atoms with Gasteiger partial charge in [0, 0.05) is 25.1 Å². The molecule has 2 fully saturated rings. The van der Waals surface area contributed by atoms with Crippen molar-refractivity contribution in [3.8, 4) is 6.07 Å². The maximum absolute atomic E-state index is 14.6. The second kappa shape index (κ2) is 17.7. The lowest BCUT2D eigenvalue weighted by molar-refractivity contribution is -0.142. The molecule has 1 aliphatic carbocycles. The summed E-state index contributed by atoms with van der Waals surface area (Å²) in [6.45, 7) is 3.14. The van der Waals surface area contributed by atoms with Crippen LogP contribution in [0.4, 0.5) is 4.79 Å². The number of carbonyl (C=O) groups excluding carboxylic acids is 5. The number of hydrogen-bond donors (Lipinski definition) is 6. The van der Waals surface area contributed by atoms with Crippen LogP contribution in [0, 0.1) is 17.2 Å². The summed E-state index contributed by atoms with van der Waals surface area (Å²) in [4.78, 5) is 79.1. The number of carbonyl (C=O) groups is 6. The molecule has 280 valence electrons. The highest BCUT2D eigenvalue weighted by molar-refractivity contribution is 6.37. The number of rotatable bonds is 16. The Balaban J connectivity index is 1.64. The lowest BCUT2D eigenvalue weighted by Gasteiger charge is -2.32. The van der Waals surface area contributed by atoms with Gasteiger partial charge in [-0.15, -0.1) is 5.10 Å². The zero-order valence-electron chi connectivity index (χ0n) is 29.4. The first-order valence-corrected chi connectivity index (χ1v) is 17.5. The number of likely N-dealkylation sites (tertiary alicyclic amines) is 1. The monoisotopic (exact) mass is 721 g/mol. The van der Waals surface area contributed by atoms with Crippen LogP contribution in [-0.4, -0.2) is 96.8 Å². The molecule has 5 amide bonds. The van der Waals surface area contributed by atoms with Gasteiger partial charge in [0.1, 0.15) is 17.7 Å². The molecule has 1 aliphatic heterocycles. The summed E-state index contributed by atoms with van der Waals surface area (Å²) in [5, 5.41) is 44.6. The van der Waals surface area contributed by atoms with Gasteiger partial charge in [-0.3, -0.25) is 24.0 Å². The molecule has 17 nitrogen and oxygen atoms in total. The predicted molar refractivity (Wildman–Crippen MR) is 184 cm³/mol. The number of amides is 5. The number of hydrogen-bond acceptors (Lipinski definition) is 10. The molecule has 1 saturated carbocycles. The van der Waals surface area contributed by atoms with Gasteiger partial charge in [-0.1, -0.05) is 37.3 Å². The number of benzene rings is 1. The Morgan fingerprint density at radius 1 is 1.04 bits per heavy atom. The van der Waals surface area contributed by atoms with Crippen molar-refractivity contribution in [2.75, 3.05) is 13.1 Å². The molecule has 2 aromatic rings. The van der Waals surface area contributed by atoms with E-state index in [-0.39, 0.29) is 43.8 Å². The van der Waals surface area contributed by atoms with E-state index in [2.05, 4.69) is 26.3 Å². The summed E-state index contributed by atoms with van der Waals surface area (Å²) < 4.78 is 1.46. The van der Waals surface area contributed by atoms with Gasteiger partial charge < -0.3 is 36.8 Å². The number of aliphatic hydroxyl groups is 1. The SMILES string of the molecule is CC(C)(O)c1cnnn1[C@H]1C[C@@H](C(=O)NC(CCCCNC(=O)O)C(=O)C(N)=O)N(C(=O)[C@@H](CC2CCCCC2)NC(=O)c2ccc(C#N)cc2)C1. The maximum atomic E-state index is 14.6. The van der Waals surface area contributed by atoms with Gasteiger partial charge in [-0.05, 0) is 69.7 Å². The summed E-state index contributed by atoms with van der Waals surface area (Å²) in [6.07, 6.45) is 5.85. The number of nitriles is 1. The first-order valence-electron chi connectivity index (χ1n) is 17.5. The fourth-order valence-corrected chi connectivity index (χ4v) is 6.93. The topological polar surface area (TPSA) is 263 Å². The Morgan fingerprint density at radius 3 is 2.35 bits per heavy atom.